The average molecular weight is 254 g/mol. The number of hydrogen-bond acceptors (Lipinski definition) is 3. The second-order valence-corrected chi connectivity index (χ2v) is 5.06. The second-order valence-electron chi connectivity index (χ2n) is 4.34. The first-order valence-electron chi connectivity index (χ1n) is 5.96. The zero-order valence-corrected chi connectivity index (χ0v) is 10.9. The maximum atomic E-state index is 4.33. The topological polar surface area (TPSA) is 24.9 Å². The van der Waals surface area contributed by atoms with Gasteiger partial charge in [0.05, 0.1) is 17.2 Å². The van der Waals surface area contributed by atoms with Crippen molar-refractivity contribution < 1.29 is 0 Å². The van der Waals surface area contributed by atoms with Crippen molar-refractivity contribution in [2.75, 3.05) is 5.32 Å². The van der Waals surface area contributed by atoms with E-state index in [-0.39, 0.29) is 6.04 Å². The molecule has 0 bridgehead atoms. The smallest absolute Gasteiger partial charge is 0.0795 e. The summed E-state index contributed by atoms with van der Waals surface area (Å²) in [6.07, 6.45) is 0. The molecule has 90 valence electrons. The van der Waals surface area contributed by atoms with Crippen molar-refractivity contribution in [3.8, 4) is 0 Å². The molecular weight excluding hydrogens is 240 g/mol. The first-order valence-corrected chi connectivity index (χ1v) is 6.90. The molecule has 2 nitrogen and oxygen atoms in total. The Morgan fingerprint density at radius 1 is 1.11 bits per heavy atom. The lowest BCUT2D eigenvalue weighted by Gasteiger charge is -2.13. The van der Waals surface area contributed by atoms with Gasteiger partial charge in [0.1, 0.15) is 0 Å². The molecule has 2 aromatic carbocycles. The van der Waals surface area contributed by atoms with Gasteiger partial charge in [0.15, 0.2) is 0 Å². The SMILES string of the molecule is CC(Nc1ccc2ccccc2c1)c1cscn1. The summed E-state index contributed by atoms with van der Waals surface area (Å²) in [5, 5.41) is 8.09. The normalized spacial score (nSPS) is 12.5. The quantitative estimate of drug-likeness (QED) is 0.746. The minimum absolute atomic E-state index is 0.234. The fraction of sp³-hybridized carbons (Fsp3) is 0.133. The number of thiazole rings is 1. The zero-order chi connectivity index (χ0) is 12.4. The summed E-state index contributed by atoms with van der Waals surface area (Å²) >= 11 is 1.63. The molecular formula is C15H14N2S. The Labute approximate surface area is 110 Å². The summed E-state index contributed by atoms with van der Waals surface area (Å²) in [5.74, 6) is 0. The first-order chi connectivity index (χ1) is 8.83. The summed E-state index contributed by atoms with van der Waals surface area (Å²) in [6, 6.07) is 15.1. The van der Waals surface area contributed by atoms with E-state index in [0.717, 1.165) is 11.4 Å². The van der Waals surface area contributed by atoms with Crippen LogP contribution in [0, 0.1) is 0 Å². The highest BCUT2D eigenvalue weighted by atomic mass is 32.1. The summed E-state index contributed by atoms with van der Waals surface area (Å²) in [7, 11) is 0. The fourth-order valence-electron chi connectivity index (χ4n) is 2.04. The van der Waals surface area contributed by atoms with Gasteiger partial charge in [0.25, 0.3) is 0 Å². The van der Waals surface area contributed by atoms with E-state index < -0.39 is 0 Å². The lowest BCUT2D eigenvalue weighted by atomic mass is 10.1. The minimum atomic E-state index is 0.234. The second kappa shape index (κ2) is 4.78. The number of aromatic nitrogens is 1. The van der Waals surface area contributed by atoms with Crippen LogP contribution >= 0.6 is 11.3 Å². The molecule has 0 fully saturated rings. The number of rotatable bonds is 3. The molecule has 1 atom stereocenters. The van der Waals surface area contributed by atoms with E-state index in [9.17, 15) is 0 Å². The van der Waals surface area contributed by atoms with E-state index in [1.54, 1.807) is 11.3 Å². The van der Waals surface area contributed by atoms with Gasteiger partial charge in [-0.05, 0) is 29.8 Å². The predicted octanol–water partition coefficient (Wildman–Crippen LogP) is 4.47. The molecule has 0 aliphatic carbocycles. The molecule has 1 aromatic heterocycles. The molecule has 1 N–H and O–H groups in total. The number of hydrogen-bond donors (Lipinski definition) is 1. The third-order valence-corrected chi connectivity index (χ3v) is 3.63. The van der Waals surface area contributed by atoms with E-state index in [0.29, 0.717) is 0 Å². The molecule has 18 heavy (non-hydrogen) atoms. The van der Waals surface area contributed by atoms with Crippen LogP contribution in [0.2, 0.25) is 0 Å². The van der Waals surface area contributed by atoms with E-state index in [1.165, 1.54) is 10.8 Å². The summed E-state index contributed by atoms with van der Waals surface area (Å²) in [5.41, 5.74) is 4.09. The Morgan fingerprint density at radius 2 is 1.94 bits per heavy atom. The number of anilines is 1. The lowest BCUT2D eigenvalue weighted by molar-refractivity contribution is 0.850. The molecule has 3 rings (SSSR count). The Balaban J connectivity index is 1.86. The number of benzene rings is 2. The predicted molar refractivity (Wildman–Crippen MR) is 78.1 cm³/mol. The van der Waals surface area contributed by atoms with Crippen molar-refractivity contribution >= 4 is 27.8 Å². The molecule has 1 unspecified atom stereocenters. The maximum Gasteiger partial charge on any atom is 0.0795 e. The van der Waals surface area contributed by atoms with Crippen molar-refractivity contribution in [3.05, 3.63) is 59.0 Å². The highest BCUT2D eigenvalue weighted by Gasteiger charge is 2.07. The Kier molecular flexibility index (Phi) is 2.99. The van der Waals surface area contributed by atoms with Crippen LogP contribution in [0.4, 0.5) is 5.69 Å². The van der Waals surface area contributed by atoms with Gasteiger partial charge in [-0.3, -0.25) is 0 Å². The molecule has 0 saturated heterocycles. The fourth-order valence-corrected chi connectivity index (χ4v) is 2.69. The van der Waals surface area contributed by atoms with Gasteiger partial charge in [-0.1, -0.05) is 30.3 Å². The number of fused-ring (bicyclic) bond motifs is 1. The Morgan fingerprint density at radius 3 is 2.72 bits per heavy atom. The van der Waals surface area contributed by atoms with Gasteiger partial charge in [-0.2, -0.15) is 0 Å². The first kappa shape index (κ1) is 11.2. The lowest BCUT2D eigenvalue weighted by Crippen LogP contribution is -2.06. The highest BCUT2D eigenvalue weighted by Crippen LogP contribution is 2.23. The van der Waals surface area contributed by atoms with Crippen LogP contribution in [0.15, 0.2) is 53.4 Å². The van der Waals surface area contributed by atoms with Gasteiger partial charge in [-0.15, -0.1) is 11.3 Å². The van der Waals surface area contributed by atoms with Crippen molar-refractivity contribution in [1.29, 1.82) is 0 Å². The Hall–Kier alpha value is -1.87. The van der Waals surface area contributed by atoms with Gasteiger partial charge in [0.2, 0.25) is 0 Å². The molecule has 3 aromatic rings. The molecule has 0 saturated carbocycles. The van der Waals surface area contributed by atoms with Crippen molar-refractivity contribution in [3.63, 3.8) is 0 Å². The van der Waals surface area contributed by atoms with Gasteiger partial charge < -0.3 is 5.32 Å². The molecule has 0 radical (unpaired) electrons. The zero-order valence-electron chi connectivity index (χ0n) is 10.1. The van der Waals surface area contributed by atoms with Gasteiger partial charge >= 0.3 is 0 Å². The maximum absolute atomic E-state index is 4.33. The van der Waals surface area contributed by atoms with Crippen LogP contribution in [-0.4, -0.2) is 4.98 Å². The van der Waals surface area contributed by atoms with E-state index in [1.807, 2.05) is 5.51 Å². The third-order valence-electron chi connectivity index (χ3n) is 3.03. The summed E-state index contributed by atoms with van der Waals surface area (Å²) in [6.45, 7) is 2.13. The van der Waals surface area contributed by atoms with Crippen LogP contribution < -0.4 is 5.32 Å². The molecule has 0 amide bonds. The van der Waals surface area contributed by atoms with E-state index >= 15 is 0 Å². The monoisotopic (exact) mass is 254 g/mol. The largest absolute Gasteiger partial charge is 0.377 e. The number of nitrogens with zero attached hydrogens (tertiary/aromatic N) is 1. The van der Waals surface area contributed by atoms with Crippen molar-refractivity contribution in [2.45, 2.75) is 13.0 Å². The van der Waals surface area contributed by atoms with Crippen LogP contribution in [-0.2, 0) is 0 Å². The minimum Gasteiger partial charge on any atom is -0.377 e. The standard InChI is InChI=1S/C15H14N2S/c1-11(15-9-18-10-16-15)17-14-7-6-12-4-2-3-5-13(12)8-14/h2-11,17H,1H3. The van der Waals surface area contributed by atoms with Gasteiger partial charge in [0, 0.05) is 11.1 Å². The van der Waals surface area contributed by atoms with Crippen LogP contribution in [0.1, 0.15) is 18.7 Å². The van der Waals surface area contributed by atoms with Gasteiger partial charge in [-0.25, -0.2) is 4.98 Å². The third kappa shape index (κ3) is 2.22. The van der Waals surface area contributed by atoms with Crippen LogP contribution in [0.5, 0.6) is 0 Å². The Bertz CT molecular complexity index is 646. The molecule has 0 spiro atoms. The summed E-state index contributed by atoms with van der Waals surface area (Å²) < 4.78 is 0. The molecule has 0 aliphatic rings. The molecule has 3 heteroatoms. The van der Waals surface area contributed by atoms with Crippen molar-refractivity contribution in [1.82, 2.24) is 4.98 Å². The molecule has 0 aliphatic heterocycles. The van der Waals surface area contributed by atoms with E-state index in [4.69, 9.17) is 0 Å². The molecule has 1 heterocycles. The number of nitrogens with one attached hydrogen (secondary N) is 1. The van der Waals surface area contributed by atoms with Crippen LogP contribution in [0.25, 0.3) is 10.8 Å². The highest BCUT2D eigenvalue weighted by molar-refractivity contribution is 7.07. The van der Waals surface area contributed by atoms with Crippen LogP contribution in [0.3, 0.4) is 0 Å². The van der Waals surface area contributed by atoms with Crippen molar-refractivity contribution in [2.24, 2.45) is 0 Å². The summed E-state index contributed by atoms with van der Waals surface area (Å²) in [4.78, 5) is 4.33. The average Bonchev–Trinajstić information content (AvgIpc) is 2.92. The van der Waals surface area contributed by atoms with E-state index in [2.05, 4.69) is 65.1 Å².